The average molecular weight is 465 g/mol. The number of fused-ring (bicyclic) bond motifs is 2. The molecule has 8 nitrogen and oxygen atoms in total. The number of ether oxygens (including phenoxy) is 3. The number of hydrogen-bond acceptors (Lipinski definition) is 6. The molecule has 34 heavy (non-hydrogen) atoms. The van der Waals surface area contributed by atoms with E-state index in [9.17, 15) is 9.90 Å². The smallest absolute Gasteiger partial charge is 0.337 e. The van der Waals surface area contributed by atoms with Gasteiger partial charge in [-0.05, 0) is 48.4 Å². The highest BCUT2D eigenvalue weighted by atomic mass is 16.7. The molecule has 0 bridgehead atoms. The van der Waals surface area contributed by atoms with Crippen LogP contribution in [0.15, 0.2) is 58.2 Å². The number of esters is 1. The Labute approximate surface area is 199 Å². The van der Waals surface area contributed by atoms with Crippen molar-refractivity contribution in [2.75, 3.05) is 27.0 Å². The number of quaternary nitrogens is 1. The summed E-state index contributed by atoms with van der Waals surface area (Å²) in [4.78, 5) is 19.2. The number of nitrogens with one attached hydrogen (secondary N) is 1. The van der Waals surface area contributed by atoms with Crippen LogP contribution in [0.1, 0.15) is 45.1 Å². The molecule has 0 saturated carbocycles. The van der Waals surface area contributed by atoms with E-state index in [0.29, 0.717) is 47.7 Å². The number of hydrogen-bond donors (Lipinski definition) is 1. The van der Waals surface area contributed by atoms with Crippen molar-refractivity contribution in [2.45, 2.75) is 39.5 Å². The summed E-state index contributed by atoms with van der Waals surface area (Å²) in [7, 11) is 1.96. The highest BCUT2D eigenvalue weighted by Gasteiger charge is 2.40. The molecule has 1 aromatic rings. The molecule has 1 aromatic carbocycles. The Hall–Kier alpha value is -3.39. The van der Waals surface area contributed by atoms with Gasteiger partial charge in [0.2, 0.25) is 13.0 Å². The van der Waals surface area contributed by atoms with E-state index in [0.717, 1.165) is 16.2 Å². The van der Waals surface area contributed by atoms with Crippen LogP contribution in [0.3, 0.4) is 0 Å². The molecule has 0 amide bonds. The minimum Gasteiger partial charge on any atom is -0.875 e. The highest BCUT2D eigenvalue weighted by Crippen LogP contribution is 2.48. The Morgan fingerprint density at radius 1 is 1.29 bits per heavy atom. The van der Waals surface area contributed by atoms with Gasteiger partial charge in [-0.1, -0.05) is 19.9 Å². The fourth-order valence-corrected chi connectivity index (χ4v) is 5.08. The lowest BCUT2D eigenvalue weighted by Gasteiger charge is -2.42. The maximum atomic E-state index is 13.4. The Bertz CT molecular complexity index is 1200. The molecule has 0 aromatic heterocycles. The first-order valence-corrected chi connectivity index (χ1v) is 11.6. The SMILES string of the molecule is CC1=C(C(=O)OCC[NH+]2C=C[N+](C)=C2)C(c2ccc3c(c2)OCO3)C2=C([O-])CC(C)(C)CC2=N1. The fourth-order valence-electron chi connectivity index (χ4n) is 5.08. The minimum atomic E-state index is -0.546. The molecule has 1 N–H and O–H groups in total. The van der Waals surface area contributed by atoms with Gasteiger partial charge in [0.05, 0.1) is 5.57 Å². The Balaban J connectivity index is 1.50. The third-order valence-electron chi connectivity index (χ3n) is 6.63. The Morgan fingerprint density at radius 2 is 2.09 bits per heavy atom. The van der Waals surface area contributed by atoms with Crippen molar-refractivity contribution < 1.29 is 33.6 Å². The summed E-state index contributed by atoms with van der Waals surface area (Å²) in [6, 6.07) is 5.58. The fraction of sp³-hybridized carbons (Fsp3) is 0.423. The molecule has 2 unspecified atom stereocenters. The maximum absolute atomic E-state index is 13.4. The third-order valence-corrected chi connectivity index (χ3v) is 6.63. The summed E-state index contributed by atoms with van der Waals surface area (Å²) in [6.45, 7) is 7.00. The van der Waals surface area contributed by atoms with Crippen molar-refractivity contribution in [2.24, 2.45) is 10.4 Å². The van der Waals surface area contributed by atoms with E-state index in [1.54, 1.807) is 0 Å². The van der Waals surface area contributed by atoms with Crippen molar-refractivity contribution in [1.29, 1.82) is 0 Å². The van der Waals surface area contributed by atoms with Gasteiger partial charge >= 0.3 is 12.3 Å². The number of allylic oxidation sites excluding steroid dienone is 3. The number of nitrogens with zero attached hydrogens (tertiary/aromatic N) is 2. The Kier molecular flexibility index (Phi) is 5.56. The van der Waals surface area contributed by atoms with E-state index in [4.69, 9.17) is 19.2 Å². The van der Waals surface area contributed by atoms with Crippen LogP contribution in [0.4, 0.5) is 0 Å². The van der Waals surface area contributed by atoms with Crippen molar-refractivity contribution >= 4 is 18.0 Å². The standard InChI is InChI=1S/C26H29N3O5/c1-16-22(25(31)32-10-9-29-8-7-28(4)14-29)23(17-5-6-20-21(11-17)34-15-33-20)24-18(27-16)12-26(2,3)13-19(24)30/h5-8,11,14,23H,9-10,12-13,15H2,1-4H3/p+1. The molecule has 3 aliphatic heterocycles. The molecule has 8 heteroatoms. The summed E-state index contributed by atoms with van der Waals surface area (Å²) in [5.74, 6) is 0.307. The van der Waals surface area contributed by atoms with Gasteiger partial charge in [0.1, 0.15) is 20.2 Å². The summed E-state index contributed by atoms with van der Waals surface area (Å²) in [6.07, 6.45) is 7.07. The lowest BCUT2D eigenvalue weighted by Crippen LogP contribution is -3.06. The zero-order valence-electron chi connectivity index (χ0n) is 20.0. The minimum absolute atomic E-state index is 0.0275. The molecular formula is C26H30N3O5+. The van der Waals surface area contributed by atoms with Gasteiger partial charge in [0, 0.05) is 17.3 Å². The topological polar surface area (TPSA) is 87.6 Å². The van der Waals surface area contributed by atoms with Gasteiger partial charge in [-0.15, -0.1) is 5.76 Å². The van der Waals surface area contributed by atoms with E-state index in [-0.39, 0.29) is 24.6 Å². The monoisotopic (exact) mass is 464 g/mol. The molecule has 0 spiro atoms. The van der Waals surface area contributed by atoms with Crippen molar-refractivity contribution in [3.05, 3.63) is 58.8 Å². The lowest BCUT2D eigenvalue weighted by molar-refractivity contribution is -0.749. The first-order chi connectivity index (χ1) is 16.2. The highest BCUT2D eigenvalue weighted by molar-refractivity contribution is 6.08. The zero-order chi connectivity index (χ0) is 24.0. The van der Waals surface area contributed by atoms with Crippen LogP contribution < -0.4 is 19.5 Å². The second kappa shape index (κ2) is 8.43. The molecule has 0 saturated heterocycles. The maximum Gasteiger partial charge on any atom is 0.337 e. The molecule has 3 heterocycles. The summed E-state index contributed by atoms with van der Waals surface area (Å²) in [5.41, 5.74) is 3.00. The van der Waals surface area contributed by atoms with E-state index < -0.39 is 11.9 Å². The van der Waals surface area contributed by atoms with Gasteiger partial charge in [0.25, 0.3) is 0 Å². The van der Waals surface area contributed by atoms with E-state index in [2.05, 4.69) is 13.8 Å². The number of aliphatic imine (C=N–C) groups is 1. The summed E-state index contributed by atoms with van der Waals surface area (Å²) < 4.78 is 18.7. The zero-order valence-corrected chi connectivity index (χ0v) is 20.0. The quantitative estimate of drug-likeness (QED) is 0.524. The summed E-state index contributed by atoms with van der Waals surface area (Å²) >= 11 is 0. The van der Waals surface area contributed by atoms with Gasteiger partial charge in [-0.2, -0.15) is 4.58 Å². The third kappa shape index (κ3) is 4.14. The summed E-state index contributed by atoms with van der Waals surface area (Å²) in [5, 5.41) is 13.4. The second-order valence-corrected chi connectivity index (χ2v) is 10.0. The number of benzene rings is 1. The normalized spacial score (nSPS) is 24.7. The predicted octanol–water partition coefficient (Wildman–Crippen LogP) is 1.25. The van der Waals surface area contributed by atoms with Crippen molar-refractivity contribution in [3.63, 3.8) is 0 Å². The van der Waals surface area contributed by atoms with Crippen LogP contribution in [0.25, 0.3) is 0 Å². The van der Waals surface area contributed by atoms with E-state index >= 15 is 0 Å². The molecule has 0 fully saturated rings. The van der Waals surface area contributed by atoms with Crippen molar-refractivity contribution in [1.82, 2.24) is 0 Å². The van der Waals surface area contributed by atoms with Crippen LogP contribution in [-0.2, 0) is 9.53 Å². The molecular weight excluding hydrogens is 434 g/mol. The second-order valence-electron chi connectivity index (χ2n) is 10.0. The van der Waals surface area contributed by atoms with Crippen LogP contribution in [-0.4, -0.2) is 49.6 Å². The molecule has 178 valence electrons. The van der Waals surface area contributed by atoms with Crippen LogP contribution in [0.5, 0.6) is 11.5 Å². The van der Waals surface area contributed by atoms with E-state index in [1.807, 2.05) is 55.5 Å². The number of carbonyl (C=O) groups excluding carboxylic acids is 1. The Morgan fingerprint density at radius 3 is 2.85 bits per heavy atom. The molecule has 4 aliphatic rings. The molecule has 5 rings (SSSR count). The molecule has 2 atom stereocenters. The van der Waals surface area contributed by atoms with Crippen LogP contribution >= 0.6 is 0 Å². The van der Waals surface area contributed by atoms with Gasteiger partial charge in [0.15, 0.2) is 17.7 Å². The van der Waals surface area contributed by atoms with Crippen LogP contribution in [0.2, 0.25) is 0 Å². The first-order valence-electron chi connectivity index (χ1n) is 11.6. The predicted molar refractivity (Wildman–Crippen MR) is 124 cm³/mol. The van der Waals surface area contributed by atoms with E-state index in [1.165, 1.54) is 0 Å². The van der Waals surface area contributed by atoms with Gasteiger partial charge in [-0.3, -0.25) is 4.99 Å². The molecule has 0 radical (unpaired) electrons. The van der Waals surface area contributed by atoms with Crippen LogP contribution in [0, 0.1) is 5.41 Å². The average Bonchev–Trinajstić information content (AvgIpc) is 3.39. The van der Waals surface area contributed by atoms with Gasteiger partial charge < -0.3 is 19.3 Å². The first kappa shape index (κ1) is 22.4. The number of carbonyl (C=O) groups is 1. The molecule has 1 aliphatic carbocycles. The number of rotatable bonds is 5. The van der Waals surface area contributed by atoms with Gasteiger partial charge in [-0.25, -0.2) is 9.69 Å². The van der Waals surface area contributed by atoms with Crippen molar-refractivity contribution in [3.8, 4) is 11.5 Å². The lowest BCUT2D eigenvalue weighted by atomic mass is 9.69. The largest absolute Gasteiger partial charge is 0.875 e.